The Morgan fingerprint density at radius 3 is 3.11 bits per heavy atom. The van der Waals surface area contributed by atoms with Gasteiger partial charge < -0.3 is 4.98 Å². The smallest absolute Gasteiger partial charge is 0.273 e. The van der Waals surface area contributed by atoms with Crippen molar-refractivity contribution in [3.8, 4) is 0 Å². The molecule has 1 aliphatic carbocycles. The average molecular weight is 252 g/mol. The van der Waals surface area contributed by atoms with Crippen molar-refractivity contribution in [2.75, 3.05) is 0 Å². The van der Waals surface area contributed by atoms with Crippen molar-refractivity contribution in [2.45, 2.75) is 12.8 Å². The largest absolute Gasteiger partial charge is 0.346 e. The zero-order valence-corrected chi connectivity index (χ0v) is 10.2. The van der Waals surface area contributed by atoms with Crippen molar-refractivity contribution in [3.05, 3.63) is 35.7 Å². The van der Waals surface area contributed by atoms with E-state index in [1.54, 1.807) is 6.20 Å². The minimum Gasteiger partial charge on any atom is -0.346 e. The van der Waals surface area contributed by atoms with Crippen LogP contribution in [0.2, 0.25) is 0 Å². The average Bonchev–Trinajstić information content (AvgIpc) is 3.10. The van der Waals surface area contributed by atoms with Crippen LogP contribution < -0.4 is 5.43 Å². The van der Waals surface area contributed by atoms with E-state index < -0.39 is 0 Å². The lowest BCUT2D eigenvalue weighted by atomic mass is 10.0. The molecule has 4 rings (SSSR count). The first kappa shape index (κ1) is 10.5. The van der Waals surface area contributed by atoms with Crippen LogP contribution in [0.5, 0.6) is 0 Å². The summed E-state index contributed by atoms with van der Waals surface area (Å²) in [7, 11) is 0. The predicted molar refractivity (Wildman–Crippen MR) is 72.4 cm³/mol. The van der Waals surface area contributed by atoms with Crippen LogP contribution in [0.1, 0.15) is 18.4 Å². The van der Waals surface area contributed by atoms with E-state index in [1.165, 1.54) is 0 Å². The number of aromatic amines is 1. The van der Waals surface area contributed by atoms with Gasteiger partial charge in [-0.15, -0.1) is 0 Å². The van der Waals surface area contributed by atoms with Gasteiger partial charge in [-0.25, -0.2) is 10.4 Å². The van der Waals surface area contributed by atoms with E-state index in [0.717, 1.165) is 35.2 Å². The summed E-state index contributed by atoms with van der Waals surface area (Å²) in [5.41, 5.74) is 5.96. The van der Waals surface area contributed by atoms with Crippen LogP contribution in [0.25, 0.3) is 17.1 Å². The standard InChI is InChI=1S/C14H12N4O/c19-14-11(12(17-18-14)8-3-4-8)6-9-7-16-13-10(9)2-1-5-15-13/h1-2,5-8H,3-4H2,(H,15,16)(H,18,19)/b11-6-. The molecule has 1 amide bonds. The van der Waals surface area contributed by atoms with Crippen molar-refractivity contribution in [1.82, 2.24) is 15.4 Å². The fourth-order valence-electron chi connectivity index (χ4n) is 2.41. The molecule has 5 heteroatoms. The summed E-state index contributed by atoms with van der Waals surface area (Å²) in [5.74, 6) is 0.341. The number of amides is 1. The Morgan fingerprint density at radius 2 is 2.26 bits per heavy atom. The number of carbonyl (C=O) groups excluding carboxylic acids is 1. The molecule has 3 heterocycles. The normalized spacial score (nSPS) is 20.9. The van der Waals surface area contributed by atoms with Gasteiger partial charge in [-0.3, -0.25) is 4.79 Å². The lowest BCUT2D eigenvalue weighted by Crippen LogP contribution is -2.13. The van der Waals surface area contributed by atoms with Gasteiger partial charge in [0.1, 0.15) is 5.65 Å². The molecule has 2 aromatic rings. The van der Waals surface area contributed by atoms with Crippen molar-refractivity contribution in [3.63, 3.8) is 0 Å². The van der Waals surface area contributed by atoms with Crippen molar-refractivity contribution < 1.29 is 4.79 Å². The SMILES string of the molecule is O=C1NN=C(C2CC2)/C1=C/c1c[nH]c2ncccc12. The van der Waals surface area contributed by atoms with Gasteiger partial charge in [-0.1, -0.05) is 0 Å². The molecule has 0 saturated heterocycles. The maximum absolute atomic E-state index is 11.9. The molecule has 5 nitrogen and oxygen atoms in total. The van der Waals surface area contributed by atoms with Crippen LogP contribution in [0, 0.1) is 5.92 Å². The summed E-state index contributed by atoms with van der Waals surface area (Å²) < 4.78 is 0. The highest BCUT2D eigenvalue weighted by molar-refractivity contribution is 6.29. The molecule has 2 N–H and O–H groups in total. The zero-order valence-electron chi connectivity index (χ0n) is 10.2. The number of fused-ring (bicyclic) bond motifs is 1. The predicted octanol–water partition coefficient (Wildman–Crippen LogP) is 1.84. The number of carbonyl (C=O) groups is 1. The quantitative estimate of drug-likeness (QED) is 0.801. The number of nitrogens with one attached hydrogen (secondary N) is 2. The monoisotopic (exact) mass is 252 g/mol. The van der Waals surface area contributed by atoms with E-state index in [9.17, 15) is 4.79 Å². The topological polar surface area (TPSA) is 70.1 Å². The van der Waals surface area contributed by atoms with Crippen LogP contribution in [0.3, 0.4) is 0 Å². The van der Waals surface area contributed by atoms with Gasteiger partial charge in [0, 0.05) is 29.3 Å². The molecule has 0 unspecified atom stereocenters. The second kappa shape index (κ2) is 3.78. The van der Waals surface area contributed by atoms with Gasteiger partial charge in [-0.05, 0) is 31.1 Å². The Balaban J connectivity index is 1.82. The van der Waals surface area contributed by atoms with Gasteiger partial charge in [0.2, 0.25) is 0 Å². The van der Waals surface area contributed by atoms with E-state index in [-0.39, 0.29) is 5.91 Å². The van der Waals surface area contributed by atoms with Gasteiger partial charge in [0.25, 0.3) is 5.91 Å². The van der Waals surface area contributed by atoms with Crippen LogP contribution >= 0.6 is 0 Å². The van der Waals surface area contributed by atoms with Crippen molar-refractivity contribution in [1.29, 1.82) is 0 Å². The van der Waals surface area contributed by atoms with Crippen LogP contribution in [-0.4, -0.2) is 21.6 Å². The Bertz CT molecular complexity index is 737. The summed E-state index contributed by atoms with van der Waals surface area (Å²) >= 11 is 0. The highest BCUT2D eigenvalue weighted by Gasteiger charge is 2.35. The number of aromatic nitrogens is 2. The van der Waals surface area contributed by atoms with Crippen LogP contribution in [-0.2, 0) is 4.79 Å². The minimum atomic E-state index is -0.111. The van der Waals surface area contributed by atoms with Crippen molar-refractivity contribution >= 4 is 28.7 Å². The zero-order chi connectivity index (χ0) is 12.8. The van der Waals surface area contributed by atoms with E-state index >= 15 is 0 Å². The second-order valence-corrected chi connectivity index (χ2v) is 4.91. The number of hydrogen-bond acceptors (Lipinski definition) is 3. The number of rotatable bonds is 2. The lowest BCUT2D eigenvalue weighted by Gasteiger charge is -1.98. The van der Waals surface area contributed by atoms with Gasteiger partial charge in [-0.2, -0.15) is 5.10 Å². The highest BCUT2D eigenvalue weighted by Crippen LogP contribution is 2.35. The van der Waals surface area contributed by atoms with E-state index in [1.807, 2.05) is 24.4 Å². The first-order valence-corrected chi connectivity index (χ1v) is 6.35. The van der Waals surface area contributed by atoms with E-state index in [0.29, 0.717) is 11.5 Å². The molecule has 0 spiro atoms. The Labute approximate surface area is 109 Å². The molecule has 1 aliphatic heterocycles. The highest BCUT2D eigenvalue weighted by atomic mass is 16.2. The summed E-state index contributed by atoms with van der Waals surface area (Å²) in [5, 5.41) is 5.16. The molecule has 2 aliphatic rings. The second-order valence-electron chi connectivity index (χ2n) is 4.91. The van der Waals surface area contributed by atoms with E-state index in [4.69, 9.17) is 0 Å². The van der Waals surface area contributed by atoms with Crippen LogP contribution in [0.4, 0.5) is 0 Å². The molecule has 1 fully saturated rings. The first-order chi connectivity index (χ1) is 9.33. The molecule has 0 radical (unpaired) electrons. The number of nitrogens with zero attached hydrogens (tertiary/aromatic N) is 2. The molecule has 19 heavy (non-hydrogen) atoms. The summed E-state index contributed by atoms with van der Waals surface area (Å²) in [6.45, 7) is 0. The molecular formula is C14H12N4O. The number of hydrogen-bond donors (Lipinski definition) is 2. The first-order valence-electron chi connectivity index (χ1n) is 6.35. The molecule has 2 aromatic heterocycles. The van der Waals surface area contributed by atoms with Crippen LogP contribution in [0.15, 0.2) is 35.2 Å². The Morgan fingerprint density at radius 1 is 1.37 bits per heavy atom. The minimum absolute atomic E-state index is 0.111. The van der Waals surface area contributed by atoms with Crippen molar-refractivity contribution in [2.24, 2.45) is 11.0 Å². The van der Waals surface area contributed by atoms with Gasteiger partial charge >= 0.3 is 0 Å². The molecule has 94 valence electrons. The maximum atomic E-state index is 11.9. The number of pyridine rings is 1. The lowest BCUT2D eigenvalue weighted by molar-refractivity contribution is -0.116. The third kappa shape index (κ3) is 1.66. The maximum Gasteiger partial charge on any atom is 0.273 e. The Hall–Kier alpha value is -2.43. The third-order valence-corrected chi connectivity index (χ3v) is 3.55. The summed E-state index contributed by atoms with van der Waals surface area (Å²) in [6.07, 6.45) is 7.77. The number of hydrazone groups is 1. The van der Waals surface area contributed by atoms with Gasteiger partial charge in [0.05, 0.1) is 11.3 Å². The molecule has 1 saturated carbocycles. The summed E-state index contributed by atoms with van der Waals surface area (Å²) in [6, 6.07) is 3.88. The third-order valence-electron chi connectivity index (χ3n) is 3.55. The molecule has 0 aromatic carbocycles. The van der Waals surface area contributed by atoms with E-state index in [2.05, 4.69) is 20.5 Å². The fraction of sp³-hybridized carbons (Fsp3) is 0.214. The molecule has 0 bridgehead atoms. The number of H-pyrrole nitrogens is 1. The Kier molecular flexibility index (Phi) is 2.09. The summed E-state index contributed by atoms with van der Waals surface area (Å²) in [4.78, 5) is 19.2. The fourth-order valence-corrected chi connectivity index (χ4v) is 2.41. The molecular weight excluding hydrogens is 240 g/mol. The van der Waals surface area contributed by atoms with Gasteiger partial charge in [0.15, 0.2) is 0 Å². The molecule has 0 atom stereocenters.